The van der Waals surface area contributed by atoms with Gasteiger partial charge in [0.25, 0.3) is 0 Å². The van der Waals surface area contributed by atoms with Crippen LogP contribution in [-0.4, -0.2) is 6.61 Å². The van der Waals surface area contributed by atoms with Crippen molar-refractivity contribution in [2.75, 3.05) is 6.61 Å². The summed E-state index contributed by atoms with van der Waals surface area (Å²) in [7, 11) is 0. The zero-order valence-electron chi connectivity index (χ0n) is 10.8. The molecule has 0 spiro atoms. The molecule has 0 saturated carbocycles. The van der Waals surface area contributed by atoms with Gasteiger partial charge in [-0.1, -0.05) is 39.7 Å². The molecule has 0 amide bonds. The molecule has 0 bridgehead atoms. The van der Waals surface area contributed by atoms with Gasteiger partial charge in [-0.2, -0.15) is 0 Å². The lowest BCUT2D eigenvalue weighted by atomic mass is 10.0. The van der Waals surface area contributed by atoms with Crippen LogP contribution in [0, 0.1) is 0 Å². The molecule has 0 heterocycles. The van der Waals surface area contributed by atoms with E-state index in [2.05, 4.69) is 15.9 Å². The van der Waals surface area contributed by atoms with E-state index in [-0.39, 0.29) is 6.10 Å². The third-order valence-corrected chi connectivity index (χ3v) is 4.17. The van der Waals surface area contributed by atoms with Crippen molar-refractivity contribution < 1.29 is 7.80 Å². The van der Waals surface area contributed by atoms with Gasteiger partial charge in [0.15, 0.2) is 0 Å². The van der Waals surface area contributed by atoms with E-state index in [9.17, 15) is 0 Å². The van der Waals surface area contributed by atoms with Gasteiger partial charge in [-0.3, -0.25) is 0 Å². The Balaban J connectivity index is 2.34. The zero-order valence-corrected chi connectivity index (χ0v) is 15.3. The Morgan fingerprint density at radius 1 is 1.20 bits per heavy atom. The Morgan fingerprint density at radius 3 is 2.50 bits per heavy atom. The van der Waals surface area contributed by atoms with Gasteiger partial charge < -0.3 is 7.80 Å². The minimum absolute atomic E-state index is 0.212. The Morgan fingerprint density at radius 2 is 1.90 bits per heavy atom. The Kier molecular flexibility index (Phi) is 6.14. The third kappa shape index (κ3) is 3.87. The van der Waals surface area contributed by atoms with Crippen LogP contribution in [0.25, 0.3) is 0 Å². The molecule has 20 heavy (non-hydrogen) atoms. The quantitative estimate of drug-likeness (QED) is 0.506. The van der Waals surface area contributed by atoms with Crippen molar-refractivity contribution in [3.63, 3.8) is 0 Å². The fourth-order valence-corrected chi connectivity index (χ4v) is 3.06. The normalized spacial score (nSPS) is 12.2. The summed E-state index contributed by atoms with van der Waals surface area (Å²) < 4.78 is 12.0. The molecule has 2 aromatic rings. The lowest BCUT2D eigenvalue weighted by Crippen LogP contribution is -2.02. The van der Waals surface area contributed by atoms with Crippen LogP contribution in [0.15, 0.2) is 46.9 Å². The van der Waals surface area contributed by atoms with Gasteiger partial charge in [0.1, 0.15) is 34.9 Å². The summed E-state index contributed by atoms with van der Waals surface area (Å²) in [4.78, 5) is 0. The molecule has 106 valence electrons. The van der Waals surface area contributed by atoms with Gasteiger partial charge in [-0.15, -0.1) is 0 Å². The first kappa shape index (κ1) is 16.1. The van der Waals surface area contributed by atoms with Crippen molar-refractivity contribution in [3.05, 3.63) is 63.1 Å². The first-order valence-electron chi connectivity index (χ1n) is 6.10. The highest BCUT2D eigenvalue weighted by Crippen LogP contribution is 2.35. The molecule has 2 aromatic carbocycles. The second-order valence-corrected chi connectivity index (χ2v) is 5.97. The van der Waals surface area contributed by atoms with Gasteiger partial charge in [0.2, 0.25) is 0 Å². The molecule has 2 nitrogen and oxygen atoms in total. The topological polar surface area (TPSA) is 18.5 Å². The van der Waals surface area contributed by atoms with E-state index in [0.717, 1.165) is 21.3 Å². The van der Waals surface area contributed by atoms with Crippen LogP contribution in [0.4, 0.5) is 0 Å². The number of hydrogen-bond donors (Lipinski definition) is 0. The Bertz CT molecular complexity index is 575. The van der Waals surface area contributed by atoms with Crippen molar-refractivity contribution in [2.45, 2.75) is 13.0 Å². The predicted molar refractivity (Wildman–Crippen MR) is 93.7 cm³/mol. The van der Waals surface area contributed by atoms with Crippen molar-refractivity contribution in [2.24, 2.45) is 0 Å². The van der Waals surface area contributed by atoms with Gasteiger partial charge in [0.05, 0.1) is 6.61 Å². The molecule has 0 aliphatic rings. The Hall–Kier alpha value is -0.300. The molecule has 0 aliphatic heterocycles. The monoisotopic (exact) mass is 466 g/mol. The SMILES string of the molecule is CCOc1ccc(C(OI)c2cc(Br)ccc2Cl)cc1. The molecule has 0 fully saturated rings. The van der Waals surface area contributed by atoms with Crippen molar-refractivity contribution in [1.29, 1.82) is 0 Å². The number of benzene rings is 2. The molecule has 0 N–H and O–H groups in total. The maximum atomic E-state index is 6.27. The average Bonchev–Trinajstić information content (AvgIpc) is 2.45. The van der Waals surface area contributed by atoms with Crippen molar-refractivity contribution >= 4 is 50.5 Å². The third-order valence-electron chi connectivity index (χ3n) is 2.82. The highest BCUT2D eigenvalue weighted by atomic mass is 127. The highest BCUT2D eigenvalue weighted by molar-refractivity contribution is 14.1. The summed E-state index contributed by atoms with van der Waals surface area (Å²) in [6.07, 6.45) is -0.212. The van der Waals surface area contributed by atoms with Crippen LogP contribution in [-0.2, 0) is 3.07 Å². The predicted octanol–water partition coefficient (Wildman–Crippen LogP) is 5.96. The second-order valence-electron chi connectivity index (χ2n) is 4.14. The lowest BCUT2D eigenvalue weighted by Gasteiger charge is -2.17. The molecule has 0 aromatic heterocycles. The molecule has 1 atom stereocenters. The first-order valence-corrected chi connectivity index (χ1v) is 8.16. The van der Waals surface area contributed by atoms with Crippen LogP contribution < -0.4 is 4.74 Å². The summed E-state index contributed by atoms with van der Waals surface area (Å²) >= 11 is 11.6. The highest BCUT2D eigenvalue weighted by Gasteiger charge is 2.18. The average molecular weight is 468 g/mol. The first-order chi connectivity index (χ1) is 9.65. The van der Waals surface area contributed by atoms with Gasteiger partial charge in [-0.05, 0) is 42.8 Å². The molecule has 2 rings (SSSR count). The summed E-state index contributed by atoms with van der Waals surface area (Å²) in [5.74, 6) is 0.851. The van der Waals surface area contributed by atoms with Crippen LogP contribution >= 0.6 is 50.5 Å². The summed E-state index contributed by atoms with van der Waals surface area (Å²) in [6, 6.07) is 13.6. The van der Waals surface area contributed by atoms with E-state index >= 15 is 0 Å². The van der Waals surface area contributed by atoms with E-state index < -0.39 is 0 Å². The number of hydrogen-bond acceptors (Lipinski definition) is 2. The molecule has 0 radical (unpaired) electrons. The molecule has 0 saturated heterocycles. The largest absolute Gasteiger partial charge is 0.494 e. The van der Waals surface area contributed by atoms with E-state index in [1.54, 1.807) is 0 Å². The van der Waals surface area contributed by atoms with Gasteiger partial charge in [0, 0.05) is 15.1 Å². The standard InChI is InChI=1S/C15H13BrClIO2/c1-2-19-12-6-3-10(4-7-12)15(20-18)13-9-11(16)5-8-14(13)17/h3-9,15H,2H2,1H3. The fourth-order valence-electron chi connectivity index (χ4n) is 1.90. The summed E-state index contributed by atoms with van der Waals surface area (Å²) in [5, 5.41) is 0.684. The van der Waals surface area contributed by atoms with E-state index in [1.165, 1.54) is 0 Å². The van der Waals surface area contributed by atoms with E-state index in [1.807, 2.05) is 72.4 Å². The minimum atomic E-state index is -0.212. The molecular weight excluding hydrogens is 454 g/mol. The van der Waals surface area contributed by atoms with Crippen LogP contribution in [0.5, 0.6) is 5.75 Å². The number of halogens is 3. The summed E-state index contributed by atoms with van der Waals surface area (Å²) in [6.45, 7) is 2.62. The molecular formula is C15H13BrClIO2. The van der Waals surface area contributed by atoms with Crippen molar-refractivity contribution in [3.8, 4) is 5.75 Å². The fraction of sp³-hybridized carbons (Fsp3) is 0.200. The van der Waals surface area contributed by atoms with E-state index in [0.29, 0.717) is 11.6 Å². The molecule has 1 unspecified atom stereocenters. The number of ether oxygens (including phenoxy) is 1. The smallest absolute Gasteiger partial charge is 0.122 e. The lowest BCUT2D eigenvalue weighted by molar-refractivity contribution is 0.335. The van der Waals surface area contributed by atoms with Crippen molar-refractivity contribution in [1.82, 2.24) is 0 Å². The maximum Gasteiger partial charge on any atom is 0.122 e. The Labute approximate surface area is 146 Å². The van der Waals surface area contributed by atoms with Gasteiger partial charge in [-0.25, -0.2) is 0 Å². The second kappa shape index (κ2) is 7.64. The molecule has 0 aliphatic carbocycles. The maximum absolute atomic E-state index is 6.27. The van der Waals surface area contributed by atoms with Crippen LogP contribution in [0.2, 0.25) is 5.02 Å². The molecule has 5 heteroatoms. The van der Waals surface area contributed by atoms with Gasteiger partial charge >= 0.3 is 0 Å². The summed E-state index contributed by atoms with van der Waals surface area (Å²) in [5.41, 5.74) is 1.96. The van der Waals surface area contributed by atoms with E-state index in [4.69, 9.17) is 19.4 Å². The van der Waals surface area contributed by atoms with Crippen LogP contribution in [0.3, 0.4) is 0 Å². The zero-order chi connectivity index (χ0) is 14.5. The number of rotatable bonds is 5. The van der Waals surface area contributed by atoms with Crippen LogP contribution in [0.1, 0.15) is 24.2 Å². The minimum Gasteiger partial charge on any atom is -0.494 e.